The summed E-state index contributed by atoms with van der Waals surface area (Å²) in [5.41, 5.74) is 0. The molecule has 16 heavy (non-hydrogen) atoms. The molecule has 1 aliphatic heterocycles. The van der Waals surface area contributed by atoms with E-state index in [-0.39, 0.29) is 0 Å². The van der Waals surface area contributed by atoms with Crippen LogP contribution in [0.25, 0.3) is 0 Å². The van der Waals surface area contributed by atoms with Gasteiger partial charge in [0.05, 0.1) is 0 Å². The van der Waals surface area contributed by atoms with Crippen LogP contribution in [0.1, 0.15) is 0 Å². The molecule has 0 unspecified atom stereocenters. The van der Waals surface area contributed by atoms with Crippen LogP contribution in [-0.4, -0.2) is 24.2 Å². The molecule has 3 rings (SSSR count). The second kappa shape index (κ2) is 4.28. The standard InChI is InChI=1S/C12H8Br2Se2/c13-16(14)11-7-3-1-5-9(11)15-10-6-2-4-8-12(10)16/h1-8H. The summed E-state index contributed by atoms with van der Waals surface area (Å²) in [6, 6.07) is 17.6. The predicted molar refractivity (Wildman–Crippen MR) is 80.8 cm³/mol. The molecule has 0 amide bonds. The molecule has 82 valence electrons. The van der Waals surface area contributed by atoms with E-state index >= 15 is 0 Å². The summed E-state index contributed by atoms with van der Waals surface area (Å²) in [5.74, 6) is 0. The van der Waals surface area contributed by atoms with Crippen LogP contribution in [0.2, 0.25) is 0 Å². The Morgan fingerprint density at radius 1 is 0.750 bits per heavy atom. The SMILES string of the molecule is Br[Se]1(Br)c2ccccc2[Se]c2ccccc21. The third-order valence-corrected chi connectivity index (χ3v) is 17.3. The quantitative estimate of drug-likeness (QED) is 0.505. The average Bonchev–Trinajstić information content (AvgIpc) is 2.29. The zero-order valence-electron chi connectivity index (χ0n) is 8.19. The van der Waals surface area contributed by atoms with Gasteiger partial charge in [0.25, 0.3) is 0 Å². The Kier molecular flexibility index (Phi) is 3.08. The first-order valence-corrected chi connectivity index (χ1v) is 16.2. The van der Waals surface area contributed by atoms with Crippen molar-refractivity contribution in [2.24, 2.45) is 0 Å². The van der Waals surface area contributed by atoms with Gasteiger partial charge in [0.2, 0.25) is 0 Å². The maximum absolute atomic E-state index is 3.97. The average molecular weight is 470 g/mol. The first-order valence-electron chi connectivity index (χ1n) is 4.78. The van der Waals surface area contributed by atoms with E-state index in [1.54, 1.807) is 0 Å². The molecule has 0 radical (unpaired) electrons. The third kappa shape index (κ3) is 1.76. The first-order chi connectivity index (χ1) is 7.69. The zero-order chi connectivity index (χ0) is 11.2. The monoisotopic (exact) mass is 470 g/mol. The number of rotatable bonds is 0. The zero-order valence-corrected chi connectivity index (χ0v) is 14.8. The molecule has 2 aromatic carbocycles. The van der Waals surface area contributed by atoms with Crippen LogP contribution in [0, 0.1) is 0 Å². The summed E-state index contributed by atoms with van der Waals surface area (Å²) in [4.78, 5) is 0. The van der Waals surface area contributed by atoms with Gasteiger partial charge < -0.3 is 0 Å². The molecule has 0 aromatic heterocycles. The van der Waals surface area contributed by atoms with E-state index in [0.717, 1.165) is 0 Å². The summed E-state index contributed by atoms with van der Waals surface area (Å²) in [6.07, 6.45) is 0. The first kappa shape index (κ1) is 11.5. The minimum absolute atomic E-state index is 0.454. The molecule has 0 nitrogen and oxygen atoms in total. The van der Waals surface area contributed by atoms with Gasteiger partial charge in [0.15, 0.2) is 0 Å². The van der Waals surface area contributed by atoms with Crippen molar-refractivity contribution in [2.45, 2.75) is 0 Å². The molecular formula is C12H8Br2Se2. The van der Waals surface area contributed by atoms with Gasteiger partial charge in [-0.05, 0) is 0 Å². The predicted octanol–water partition coefficient (Wildman–Crippen LogP) is 1.00. The van der Waals surface area contributed by atoms with Crippen LogP contribution in [0.4, 0.5) is 0 Å². The van der Waals surface area contributed by atoms with E-state index in [2.05, 4.69) is 76.8 Å². The van der Waals surface area contributed by atoms with Gasteiger partial charge in [-0.1, -0.05) is 0 Å². The van der Waals surface area contributed by atoms with Crippen molar-refractivity contribution >= 4 is 70.3 Å². The summed E-state index contributed by atoms with van der Waals surface area (Å²) < 4.78 is 6.03. The fourth-order valence-electron chi connectivity index (χ4n) is 1.73. The Morgan fingerprint density at radius 2 is 1.19 bits per heavy atom. The normalized spacial score (nSPS) is 18.4. The number of fused-ring (bicyclic) bond motifs is 2. The Labute approximate surface area is 118 Å². The molecule has 1 aliphatic rings. The molecule has 0 fully saturated rings. The molecule has 0 atom stereocenters. The van der Waals surface area contributed by atoms with E-state index in [0.29, 0.717) is 15.0 Å². The van der Waals surface area contributed by atoms with Crippen LogP contribution in [0.15, 0.2) is 48.5 Å². The molecule has 0 spiro atoms. The van der Waals surface area contributed by atoms with Crippen LogP contribution >= 0.6 is 28.2 Å². The van der Waals surface area contributed by atoms with Crippen molar-refractivity contribution in [3.05, 3.63) is 48.5 Å². The molecule has 2 aromatic rings. The van der Waals surface area contributed by atoms with E-state index < -0.39 is 9.23 Å². The summed E-state index contributed by atoms with van der Waals surface area (Å²) in [5, 5.41) is 0. The van der Waals surface area contributed by atoms with Crippen LogP contribution in [0.3, 0.4) is 0 Å². The van der Waals surface area contributed by atoms with Gasteiger partial charge in [-0.2, -0.15) is 0 Å². The molecule has 0 saturated heterocycles. The van der Waals surface area contributed by atoms with E-state index in [1.807, 2.05) is 0 Å². The Morgan fingerprint density at radius 3 is 1.69 bits per heavy atom. The second-order valence-corrected chi connectivity index (χ2v) is 24.2. The molecule has 1 heterocycles. The van der Waals surface area contributed by atoms with Crippen LogP contribution in [-0.2, 0) is 0 Å². The topological polar surface area (TPSA) is 0 Å². The van der Waals surface area contributed by atoms with Crippen molar-refractivity contribution in [1.82, 2.24) is 0 Å². The van der Waals surface area contributed by atoms with E-state index in [1.165, 1.54) is 17.8 Å². The molecule has 4 heteroatoms. The van der Waals surface area contributed by atoms with E-state index in [4.69, 9.17) is 0 Å². The number of hydrogen-bond acceptors (Lipinski definition) is 0. The van der Waals surface area contributed by atoms with Crippen molar-refractivity contribution in [3.8, 4) is 0 Å². The maximum atomic E-state index is 3.97. The van der Waals surface area contributed by atoms with Gasteiger partial charge in [0.1, 0.15) is 0 Å². The summed E-state index contributed by atoms with van der Waals surface area (Å²) in [7, 11) is -1.99. The fourth-order valence-corrected chi connectivity index (χ4v) is 21.0. The fraction of sp³-hybridized carbons (Fsp3) is 0. The third-order valence-electron chi connectivity index (χ3n) is 2.47. The van der Waals surface area contributed by atoms with Gasteiger partial charge in [-0.3, -0.25) is 0 Å². The van der Waals surface area contributed by atoms with E-state index in [9.17, 15) is 0 Å². The summed E-state index contributed by atoms with van der Waals surface area (Å²) in [6.45, 7) is 0. The van der Waals surface area contributed by atoms with Crippen LogP contribution < -0.4 is 17.8 Å². The molecule has 0 aliphatic carbocycles. The number of halogens is 2. The molecule has 0 N–H and O–H groups in total. The summed E-state index contributed by atoms with van der Waals surface area (Å²) >= 11 is 8.40. The second-order valence-electron chi connectivity index (χ2n) is 3.46. The Hall–Kier alpha value is 0.439. The van der Waals surface area contributed by atoms with Crippen molar-refractivity contribution in [2.75, 3.05) is 0 Å². The number of benzene rings is 2. The Bertz CT molecular complexity index is 505. The van der Waals surface area contributed by atoms with Gasteiger partial charge in [-0.25, -0.2) is 0 Å². The van der Waals surface area contributed by atoms with Crippen molar-refractivity contribution < 1.29 is 0 Å². The van der Waals surface area contributed by atoms with Gasteiger partial charge in [0, 0.05) is 0 Å². The molecule has 0 bridgehead atoms. The molecular weight excluding hydrogens is 462 g/mol. The van der Waals surface area contributed by atoms with Crippen molar-refractivity contribution in [3.63, 3.8) is 0 Å². The Balaban J connectivity index is 2.28. The van der Waals surface area contributed by atoms with Crippen LogP contribution in [0.5, 0.6) is 0 Å². The minimum atomic E-state index is -1.99. The van der Waals surface area contributed by atoms with Gasteiger partial charge >= 0.3 is 119 Å². The molecule has 0 saturated carbocycles. The number of hydrogen-bond donors (Lipinski definition) is 0. The van der Waals surface area contributed by atoms with Crippen molar-refractivity contribution in [1.29, 1.82) is 0 Å². The van der Waals surface area contributed by atoms with Gasteiger partial charge in [-0.15, -0.1) is 0 Å².